The van der Waals surface area contributed by atoms with E-state index in [2.05, 4.69) is 18.6 Å². The average molecular weight is 353 g/mol. The van der Waals surface area contributed by atoms with Gasteiger partial charge in [-0.25, -0.2) is 13.1 Å². The van der Waals surface area contributed by atoms with E-state index >= 15 is 0 Å². The van der Waals surface area contributed by atoms with Crippen molar-refractivity contribution in [1.82, 2.24) is 4.72 Å². The summed E-state index contributed by atoms with van der Waals surface area (Å²) >= 11 is 0. The quantitative estimate of drug-likeness (QED) is 0.584. The summed E-state index contributed by atoms with van der Waals surface area (Å²) in [6.07, 6.45) is 5.32. The molecule has 1 rings (SSSR count). The lowest BCUT2D eigenvalue weighted by Gasteiger charge is -2.14. The third kappa shape index (κ3) is 7.00. The number of hydrogen-bond acceptors (Lipinski definition) is 4. The van der Waals surface area contributed by atoms with Gasteiger partial charge < -0.3 is 4.74 Å². The molecule has 134 valence electrons. The van der Waals surface area contributed by atoms with E-state index in [1.54, 1.807) is 12.1 Å². The maximum atomic E-state index is 12.2. The number of nitrogens with one attached hydrogen (secondary N) is 1. The number of unbranched alkanes of at least 4 members (excludes halogenated alkanes) is 1. The van der Waals surface area contributed by atoms with Gasteiger partial charge in [-0.1, -0.05) is 45.2 Å². The summed E-state index contributed by atoms with van der Waals surface area (Å²) in [6, 6.07) is 8.10. The van der Waals surface area contributed by atoms with Crippen LogP contribution in [0.4, 0.5) is 0 Å². The van der Waals surface area contributed by atoms with E-state index in [-0.39, 0.29) is 10.5 Å². The molecule has 0 amide bonds. The molecule has 1 aromatic rings. The summed E-state index contributed by atoms with van der Waals surface area (Å²) in [5.74, 6) is 0.587. The van der Waals surface area contributed by atoms with Crippen molar-refractivity contribution in [1.29, 1.82) is 5.26 Å². The van der Waals surface area contributed by atoms with Crippen LogP contribution in [0.2, 0.25) is 0 Å². The van der Waals surface area contributed by atoms with E-state index in [0.29, 0.717) is 25.5 Å². The topological polar surface area (TPSA) is 79.2 Å². The molecule has 0 aromatic heterocycles. The maximum Gasteiger partial charge on any atom is 0.241 e. The molecule has 0 bridgehead atoms. The Morgan fingerprint density at radius 3 is 2.67 bits per heavy atom. The molecular formula is C18H28N2O3S. The first-order valence-electron chi connectivity index (χ1n) is 8.61. The normalized spacial score (nSPS) is 12.7. The Balaban J connectivity index is 2.33. The van der Waals surface area contributed by atoms with Gasteiger partial charge in [0.05, 0.1) is 10.5 Å². The molecule has 0 saturated heterocycles. The molecule has 0 aliphatic carbocycles. The van der Waals surface area contributed by atoms with Crippen molar-refractivity contribution in [2.24, 2.45) is 5.92 Å². The van der Waals surface area contributed by atoms with Crippen molar-refractivity contribution in [3.63, 3.8) is 0 Å². The number of nitrogens with zero attached hydrogens (tertiary/aromatic N) is 1. The van der Waals surface area contributed by atoms with Gasteiger partial charge in [0, 0.05) is 19.8 Å². The van der Waals surface area contributed by atoms with Crippen molar-refractivity contribution in [2.45, 2.75) is 50.8 Å². The predicted molar refractivity (Wildman–Crippen MR) is 95.1 cm³/mol. The van der Waals surface area contributed by atoms with Gasteiger partial charge in [0.15, 0.2) is 0 Å². The summed E-state index contributed by atoms with van der Waals surface area (Å²) in [4.78, 5) is 0.0269. The van der Waals surface area contributed by atoms with Crippen LogP contribution in [0.1, 0.15) is 51.5 Å². The SMILES string of the molecule is CCCCC(CC)COCCCNS(=O)(=O)c1ccccc1C#N. The van der Waals surface area contributed by atoms with Gasteiger partial charge in [0.2, 0.25) is 10.0 Å². The number of benzene rings is 1. The molecule has 0 saturated carbocycles. The highest BCUT2D eigenvalue weighted by atomic mass is 32.2. The Kier molecular flexibility index (Phi) is 9.62. The molecule has 1 aromatic carbocycles. The van der Waals surface area contributed by atoms with Gasteiger partial charge >= 0.3 is 0 Å². The van der Waals surface area contributed by atoms with Gasteiger partial charge in [-0.2, -0.15) is 5.26 Å². The number of hydrogen-bond donors (Lipinski definition) is 1. The summed E-state index contributed by atoms with van der Waals surface area (Å²) < 4.78 is 32.6. The zero-order valence-electron chi connectivity index (χ0n) is 14.6. The van der Waals surface area contributed by atoms with Crippen LogP contribution >= 0.6 is 0 Å². The van der Waals surface area contributed by atoms with E-state index in [9.17, 15) is 8.42 Å². The van der Waals surface area contributed by atoms with Crippen molar-refractivity contribution >= 4 is 10.0 Å². The molecular weight excluding hydrogens is 324 g/mol. The standard InChI is InChI=1S/C18H28N2O3S/c1-3-5-9-16(4-2)15-23-13-8-12-20-24(21,22)18-11-7-6-10-17(18)14-19/h6-7,10-11,16,20H,3-5,8-9,12-13,15H2,1-2H3. The van der Waals surface area contributed by atoms with Crippen LogP contribution in [0.15, 0.2) is 29.2 Å². The summed E-state index contributed by atoms with van der Waals surface area (Å²) in [7, 11) is -3.65. The highest BCUT2D eigenvalue weighted by Crippen LogP contribution is 2.14. The molecule has 0 spiro atoms. The summed E-state index contributed by atoms with van der Waals surface area (Å²) in [6.45, 7) is 5.92. The van der Waals surface area contributed by atoms with Crippen molar-refractivity contribution in [3.8, 4) is 6.07 Å². The first-order chi connectivity index (χ1) is 11.5. The molecule has 6 heteroatoms. The van der Waals surface area contributed by atoms with Gasteiger partial charge in [0.1, 0.15) is 6.07 Å². The summed E-state index contributed by atoms with van der Waals surface area (Å²) in [5.41, 5.74) is 0.156. The second kappa shape index (κ2) is 11.2. The molecule has 1 unspecified atom stereocenters. The van der Waals surface area contributed by atoms with Gasteiger partial charge in [-0.05, 0) is 30.9 Å². The minimum absolute atomic E-state index is 0.0269. The number of ether oxygens (including phenoxy) is 1. The minimum Gasteiger partial charge on any atom is -0.381 e. The van der Waals surface area contributed by atoms with Crippen LogP contribution in [-0.2, 0) is 14.8 Å². The Morgan fingerprint density at radius 1 is 1.25 bits per heavy atom. The van der Waals surface area contributed by atoms with Crippen LogP contribution in [-0.4, -0.2) is 28.2 Å². The maximum absolute atomic E-state index is 12.2. The fraction of sp³-hybridized carbons (Fsp3) is 0.611. The van der Waals surface area contributed by atoms with E-state index in [0.717, 1.165) is 13.0 Å². The smallest absolute Gasteiger partial charge is 0.241 e. The molecule has 0 radical (unpaired) electrons. The zero-order valence-corrected chi connectivity index (χ0v) is 15.4. The lowest BCUT2D eigenvalue weighted by Crippen LogP contribution is -2.26. The van der Waals surface area contributed by atoms with Gasteiger partial charge in [-0.15, -0.1) is 0 Å². The van der Waals surface area contributed by atoms with Crippen molar-refractivity contribution in [2.75, 3.05) is 19.8 Å². The minimum atomic E-state index is -3.65. The third-order valence-corrected chi connectivity index (χ3v) is 5.47. The van der Waals surface area contributed by atoms with E-state index < -0.39 is 10.0 Å². The Labute approximate surface area is 146 Å². The van der Waals surface area contributed by atoms with Gasteiger partial charge in [-0.3, -0.25) is 0 Å². The largest absolute Gasteiger partial charge is 0.381 e. The first-order valence-corrected chi connectivity index (χ1v) is 10.1. The van der Waals surface area contributed by atoms with E-state index in [1.807, 2.05) is 6.07 Å². The second-order valence-corrected chi connectivity index (χ2v) is 7.59. The first kappa shape index (κ1) is 20.6. The van der Waals surface area contributed by atoms with Crippen LogP contribution in [0.3, 0.4) is 0 Å². The van der Waals surface area contributed by atoms with E-state index in [4.69, 9.17) is 10.00 Å². The highest BCUT2D eigenvalue weighted by molar-refractivity contribution is 7.89. The Bertz CT molecular complexity index is 623. The predicted octanol–water partition coefficient (Wildman–Crippen LogP) is 3.46. The van der Waals surface area contributed by atoms with Crippen molar-refractivity contribution < 1.29 is 13.2 Å². The fourth-order valence-corrected chi connectivity index (χ4v) is 3.63. The zero-order chi connectivity index (χ0) is 17.8. The average Bonchev–Trinajstić information content (AvgIpc) is 2.60. The lowest BCUT2D eigenvalue weighted by atomic mass is 10.0. The summed E-state index contributed by atoms with van der Waals surface area (Å²) in [5, 5.41) is 9.00. The molecule has 0 fully saturated rings. The van der Waals surface area contributed by atoms with Crippen molar-refractivity contribution in [3.05, 3.63) is 29.8 Å². The molecule has 0 aliphatic rings. The Morgan fingerprint density at radius 2 is 2.00 bits per heavy atom. The van der Waals surface area contributed by atoms with E-state index in [1.165, 1.54) is 31.4 Å². The lowest BCUT2D eigenvalue weighted by molar-refractivity contribution is 0.0928. The molecule has 1 atom stereocenters. The fourth-order valence-electron chi connectivity index (χ4n) is 2.40. The van der Waals surface area contributed by atoms with Crippen LogP contribution < -0.4 is 4.72 Å². The van der Waals surface area contributed by atoms with Gasteiger partial charge in [0.25, 0.3) is 0 Å². The highest BCUT2D eigenvalue weighted by Gasteiger charge is 2.17. The molecule has 0 heterocycles. The number of sulfonamides is 1. The molecule has 0 aliphatic heterocycles. The Hall–Kier alpha value is -1.42. The molecule has 24 heavy (non-hydrogen) atoms. The number of nitriles is 1. The number of rotatable bonds is 12. The monoisotopic (exact) mass is 352 g/mol. The molecule has 1 N–H and O–H groups in total. The molecule has 5 nitrogen and oxygen atoms in total. The van der Waals surface area contributed by atoms with Crippen LogP contribution in [0, 0.1) is 17.2 Å². The third-order valence-electron chi connectivity index (χ3n) is 3.95. The second-order valence-electron chi connectivity index (χ2n) is 5.85. The van der Waals surface area contributed by atoms with Crippen LogP contribution in [0.5, 0.6) is 0 Å². The van der Waals surface area contributed by atoms with Crippen LogP contribution in [0.25, 0.3) is 0 Å².